The van der Waals surface area contributed by atoms with Gasteiger partial charge in [0.15, 0.2) is 5.11 Å². The molecule has 0 saturated heterocycles. The van der Waals surface area contributed by atoms with Gasteiger partial charge in [-0.3, -0.25) is 10.1 Å². The average molecular weight is 328 g/mol. The van der Waals surface area contributed by atoms with Crippen molar-refractivity contribution in [1.82, 2.24) is 5.32 Å². The summed E-state index contributed by atoms with van der Waals surface area (Å²) >= 11 is 5.19. The second kappa shape index (κ2) is 7.74. The van der Waals surface area contributed by atoms with E-state index in [1.165, 1.54) is 5.56 Å². The Balaban J connectivity index is 1.96. The third-order valence-corrected chi connectivity index (χ3v) is 3.62. The highest BCUT2D eigenvalue weighted by atomic mass is 32.1. The maximum absolute atomic E-state index is 12.2. The first-order valence-corrected chi connectivity index (χ1v) is 7.83. The van der Waals surface area contributed by atoms with Crippen molar-refractivity contribution in [2.75, 3.05) is 11.9 Å². The van der Waals surface area contributed by atoms with Gasteiger partial charge in [0.25, 0.3) is 5.91 Å². The number of hydrogen-bond acceptors (Lipinski definition) is 3. The molecule has 120 valence electrons. The summed E-state index contributed by atoms with van der Waals surface area (Å²) in [4.78, 5) is 12.2. The standard InChI is InChI=1S/C18H20N2O2S/c1-4-22-16-9-6-14(7-10-16)17(21)20-18(23)19-15-8-5-12(2)13(3)11-15/h5-11H,4H2,1-3H3,(H2,19,20,21,23). The molecule has 0 atom stereocenters. The summed E-state index contributed by atoms with van der Waals surface area (Å²) in [7, 11) is 0. The summed E-state index contributed by atoms with van der Waals surface area (Å²) in [6, 6.07) is 12.9. The first-order chi connectivity index (χ1) is 11.0. The molecule has 0 spiro atoms. The number of ether oxygens (including phenoxy) is 1. The molecule has 1 amide bonds. The zero-order chi connectivity index (χ0) is 16.8. The molecule has 0 saturated carbocycles. The molecular formula is C18H20N2O2S. The summed E-state index contributed by atoms with van der Waals surface area (Å²) in [6.45, 7) is 6.58. The van der Waals surface area contributed by atoms with Crippen molar-refractivity contribution >= 4 is 28.9 Å². The van der Waals surface area contributed by atoms with Gasteiger partial charge in [-0.1, -0.05) is 6.07 Å². The maximum Gasteiger partial charge on any atom is 0.257 e. The summed E-state index contributed by atoms with van der Waals surface area (Å²) < 4.78 is 5.35. The molecule has 4 nitrogen and oxygen atoms in total. The smallest absolute Gasteiger partial charge is 0.257 e. The molecule has 2 rings (SSSR count). The molecule has 2 N–H and O–H groups in total. The second-order valence-corrected chi connectivity index (χ2v) is 5.57. The van der Waals surface area contributed by atoms with Crippen LogP contribution in [-0.4, -0.2) is 17.6 Å². The highest BCUT2D eigenvalue weighted by Crippen LogP contribution is 2.14. The minimum atomic E-state index is -0.255. The van der Waals surface area contributed by atoms with Crippen LogP contribution in [0.2, 0.25) is 0 Å². The van der Waals surface area contributed by atoms with Crippen LogP contribution in [0, 0.1) is 13.8 Å². The van der Waals surface area contributed by atoms with Gasteiger partial charge in [0.1, 0.15) is 5.75 Å². The minimum Gasteiger partial charge on any atom is -0.494 e. The van der Waals surface area contributed by atoms with E-state index in [0.717, 1.165) is 17.0 Å². The Hall–Kier alpha value is -2.40. The molecule has 0 aliphatic carbocycles. The largest absolute Gasteiger partial charge is 0.494 e. The molecule has 0 aliphatic heterocycles. The van der Waals surface area contributed by atoms with Gasteiger partial charge in [-0.15, -0.1) is 0 Å². The highest BCUT2D eigenvalue weighted by Gasteiger charge is 2.08. The van der Waals surface area contributed by atoms with Crippen molar-refractivity contribution in [3.05, 3.63) is 59.2 Å². The van der Waals surface area contributed by atoms with Crippen LogP contribution in [0.3, 0.4) is 0 Å². The zero-order valence-electron chi connectivity index (χ0n) is 13.5. The van der Waals surface area contributed by atoms with Crippen molar-refractivity contribution in [1.29, 1.82) is 0 Å². The number of amides is 1. The molecule has 2 aromatic carbocycles. The number of carbonyl (C=O) groups is 1. The van der Waals surface area contributed by atoms with Gasteiger partial charge in [-0.05, 0) is 80.5 Å². The number of hydrogen-bond donors (Lipinski definition) is 2. The van der Waals surface area contributed by atoms with Gasteiger partial charge >= 0.3 is 0 Å². The number of thiocarbonyl (C=S) groups is 1. The molecule has 0 fully saturated rings. The number of rotatable bonds is 4. The van der Waals surface area contributed by atoms with Crippen LogP contribution in [-0.2, 0) is 0 Å². The molecule has 0 radical (unpaired) electrons. The van der Waals surface area contributed by atoms with Gasteiger partial charge in [-0.2, -0.15) is 0 Å². The van der Waals surface area contributed by atoms with Gasteiger partial charge in [0, 0.05) is 11.3 Å². The quantitative estimate of drug-likeness (QED) is 0.838. The van der Waals surface area contributed by atoms with E-state index in [9.17, 15) is 4.79 Å². The number of carbonyl (C=O) groups excluding carboxylic acids is 1. The van der Waals surface area contributed by atoms with E-state index in [4.69, 9.17) is 17.0 Å². The fourth-order valence-corrected chi connectivity index (χ4v) is 2.24. The lowest BCUT2D eigenvalue weighted by molar-refractivity contribution is 0.0977. The van der Waals surface area contributed by atoms with E-state index < -0.39 is 0 Å². The minimum absolute atomic E-state index is 0.255. The SMILES string of the molecule is CCOc1ccc(C(=O)NC(=S)Nc2ccc(C)c(C)c2)cc1. The van der Waals surface area contributed by atoms with E-state index in [-0.39, 0.29) is 11.0 Å². The van der Waals surface area contributed by atoms with Crippen molar-refractivity contribution < 1.29 is 9.53 Å². The Bertz CT molecular complexity index is 711. The monoisotopic (exact) mass is 328 g/mol. The van der Waals surface area contributed by atoms with Crippen LogP contribution in [0.15, 0.2) is 42.5 Å². The third-order valence-electron chi connectivity index (χ3n) is 3.42. The van der Waals surface area contributed by atoms with Gasteiger partial charge < -0.3 is 10.1 Å². The predicted octanol–water partition coefficient (Wildman–Crippen LogP) is 3.83. The lowest BCUT2D eigenvalue weighted by Crippen LogP contribution is -2.34. The number of aryl methyl sites for hydroxylation is 2. The summed E-state index contributed by atoms with van der Waals surface area (Å²) in [5.41, 5.74) is 3.75. The molecule has 2 aromatic rings. The summed E-state index contributed by atoms with van der Waals surface area (Å²) in [6.07, 6.45) is 0. The molecule has 0 aliphatic rings. The van der Waals surface area contributed by atoms with Gasteiger partial charge in [0.05, 0.1) is 6.61 Å². The molecule has 0 heterocycles. The fourth-order valence-electron chi connectivity index (χ4n) is 2.03. The number of anilines is 1. The molecule has 5 heteroatoms. The van der Waals surface area contributed by atoms with Gasteiger partial charge in [-0.25, -0.2) is 0 Å². The first kappa shape index (κ1) is 17.0. The van der Waals surface area contributed by atoms with E-state index in [2.05, 4.69) is 10.6 Å². The fraction of sp³-hybridized carbons (Fsp3) is 0.222. The average Bonchev–Trinajstić information content (AvgIpc) is 2.52. The maximum atomic E-state index is 12.2. The highest BCUT2D eigenvalue weighted by molar-refractivity contribution is 7.80. The van der Waals surface area contributed by atoms with Crippen molar-refractivity contribution in [2.24, 2.45) is 0 Å². The van der Waals surface area contributed by atoms with Crippen molar-refractivity contribution in [2.45, 2.75) is 20.8 Å². The Morgan fingerprint density at radius 3 is 2.39 bits per heavy atom. The molecule has 23 heavy (non-hydrogen) atoms. The van der Waals surface area contributed by atoms with Crippen LogP contribution in [0.4, 0.5) is 5.69 Å². The predicted molar refractivity (Wildman–Crippen MR) is 97.2 cm³/mol. The Kier molecular flexibility index (Phi) is 5.71. The third kappa shape index (κ3) is 4.79. The van der Waals surface area contributed by atoms with Crippen molar-refractivity contribution in [3.8, 4) is 5.75 Å². The Labute approximate surface area is 141 Å². The topological polar surface area (TPSA) is 50.4 Å². The van der Waals surface area contributed by atoms with E-state index in [1.54, 1.807) is 24.3 Å². The summed E-state index contributed by atoms with van der Waals surface area (Å²) in [5.74, 6) is 0.481. The molecule has 0 aromatic heterocycles. The summed E-state index contributed by atoms with van der Waals surface area (Å²) in [5, 5.41) is 5.96. The van der Waals surface area contributed by atoms with Crippen LogP contribution in [0.1, 0.15) is 28.4 Å². The van der Waals surface area contributed by atoms with Crippen LogP contribution in [0.25, 0.3) is 0 Å². The van der Waals surface area contributed by atoms with E-state index >= 15 is 0 Å². The second-order valence-electron chi connectivity index (χ2n) is 5.16. The molecule has 0 bridgehead atoms. The van der Waals surface area contributed by atoms with Crippen LogP contribution < -0.4 is 15.4 Å². The Morgan fingerprint density at radius 1 is 1.09 bits per heavy atom. The normalized spacial score (nSPS) is 10.0. The lowest BCUT2D eigenvalue weighted by atomic mass is 10.1. The number of nitrogens with one attached hydrogen (secondary N) is 2. The molecular weight excluding hydrogens is 308 g/mol. The first-order valence-electron chi connectivity index (χ1n) is 7.42. The van der Waals surface area contributed by atoms with E-state index in [1.807, 2.05) is 39.0 Å². The number of benzene rings is 2. The van der Waals surface area contributed by atoms with E-state index in [0.29, 0.717) is 12.2 Å². The molecule has 0 unspecified atom stereocenters. The van der Waals surface area contributed by atoms with Crippen molar-refractivity contribution in [3.63, 3.8) is 0 Å². The lowest BCUT2D eigenvalue weighted by Gasteiger charge is -2.11. The van der Waals surface area contributed by atoms with Crippen LogP contribution >= 0.6 is 12.2 Å². The zero-order valence-corrected chi connectivity index (χ0v) is 14.3. The van der Waals surface area contributed by atoms with Gasteiger partial charge in [0.2, 0.25) is 0 Å². The van der Waals surface area contributed by atoms with Crippen LogP contribution in [0.5, 0.6) is 5.75 Å². The Morgan fingerprint density at radius 2 is 1.78 bits per heavy atom.